The summed E-state index contributed by atoms with van der Waals surface area (Å²) in [6, 6.07) is 2.16. The van der Waals surface area contributed by atoms with Gasteiger partial charge in [-0.15, -0.1) is 0 Å². The number of fused-ring (bicyclic) bond motifs is 1. The molecule has 11 heteroatoms. The Bertz CT molecular complexity index is 1100. The van der Waals surface area contributed by atoms with Gasteiger partial charge in [0, 0.05) is 19.3 Å². The number of sulfonamides is 1. The number of aromatic nitrogens is 6. The lowest BCUT2D eigenvalue weighted by molar-refractivity contribution is 0.0846. The van der Waals surface area contributed by atoms with Crippen molar-refractivity contribution in [3.8, 4) is 17.5 Å². The van der Waals surface area contributed by atoms with Crippen molar-refractivity contribution < 1.29 is 8.42 Å². The van der Waals surface area contributed by atoms with E-state index in [0.29, 0.717) is 17.0 Å². The molecular formula is C15H16N8O2S. The third-order valence-electron chi connectivity index (χ3n) is 4.73. The average Bonchev–Trinajstić information content (AvgIpc) is 3.26. The molecule has 0 atom stereocenters. The highest BCUT2D eigenvalue weighted by atomic mass is 32.2. The first kappa shape index (κ1) is 16.6. The molecule has 0 saturated carbocycles. The quantitative estimate of drug-likeness (QED) is 0.689. The van der Waals surface area contributed by atoms with E-state index in [1.54, 1.807) is 25.6 Å². The molecule has 0 aliphatic carbocycles. The Labute approximate surface area is 149 Å². The van der Waals surface area contributed by atoms with E-state index in [4.69, 9.17) is 0 Å². The molecule has 0 aromatic carbocycles. The Morgan fingerprint density at radius 2 is 2.15 bits per heavy atom. The maximum Gasteiger partial charge on any atom is 0.213 e. The van der Waals surface area contributed by atoms with Crippen LogP contribution in [0.2, 0.25) is 0 Å². The van der Waals surface area contributed by atoms with Crippen molar-refractivity contribution in [1.82, 2.24) is 34.0 Å². The Balaban J connectivity index is 1.69. The summed E-state index contributed by atoms with van der Waals surface area (Å²) in [6.45, 7) is 2.13. The lowest BCUT2D eigenvalue weighted by Gasteiger charge is -2.48. The van der Waals surface area contributed by atoms with Crippen molar-refractivity contribution in [3.63, 3.8) is 0 Å². The van der Waals surface area contributed by atoms with Gasteiger partial charge in [0.05, 0.1) is 41.7 Å². The summed E-state index contributed by atoms with van der Waals surface area (Å²) in [7, 11) is -3.27. The van der Waals surface area contributed by atoms with Gasteiger partial charge in [-0.2, -0.15) is 14.7 Å². The Morgan fingerprint density at radius 3 is 2.88 bits per heavy atom. The lowest BCUT2D eigenvalue weighted by Crippen LogP contribution is -2.63. The molecule has 134 valence electrons. The van der Waals surface area contributed by atoms with Gasteiger partial charge in [0.15, 0.2) is 5.65 Å². The third kappa shape index (κ3) is 2.46. The predicted molar refractivity (Wildman–Crippen MR) is 92.1 cm³/mol. The zero-order valence-corrected chi connectivity index (χ0v) is 14.8. The standard InChI is InChI=1S/C15H16N8O2S/c1-2-26(24,25)23-7-15(8-23,3-4-16)22-6-12(19-10-22)13-11-5-20-21-14(11)18-9-17-13/h5-6,9-10H,2-3,7-8H2,1H3,(H,17,18,20,21). The fraction of sp³-hybridized carbons (Fsp3) is 0.400. The van der Waals surface area contributed by atoms with Gasteiger partial charge in [-0.25, -0.2) is 23.4 Å². The molecular weight excluding hydrogens is 356 g/mol. The first-order valence-electron chi connectivity index (χ1n) is 8.03. The van der Waals surface area contributed by atoms with Crippen LogP contribution in [0.1, 0.15) is 13.3 Å². The molecule has 1 saturated heterocycles. The van der Waals surface area contributed by atoms with E-state index in [1.165, 1.54) is 10.6 Å². The van der Waals surface area contributed by atoms with E-state index in [9.17, 15) is 13.7 Å². The molecule has 1 aliphatic rings. The summed E-state index contributed by atoms with van der Waals surface area (Å²) in [5, 5.41) is 16.7. The third-order valence-corrected chi connectivity index (χ3v) is 6.50. The number of imidazole rings is 1. The fourth-order valence-corrected chi connectivity index (χ4v) is 4.42. The minimum atomic E-state index is -3.27. The summed E-state index contributed by atoms with van der Waals surface area (Å²) in [5.41, 5.74) is 1.25. The van der Waals surface area contributed by atoms with Crippen LogP contribution in [0, 0.1) is 11.3 Å². The van der Waals surface area contributed by atoms with Gasteiger partial charge in [0.25, 0.3) is 0 Å². The van der Waals surface area contributed by atoms with Crippen LogP contribution >= 0.6 is 0 Å². The van der Waals surface area contributed by atoms with Gasteiger partial charge >= 0.3 is 0 Å². The van der Waals surface area contributed by atoms with Crippen LogP contribution < -0.4 is 0 Å². The van der Waals surface area contributed by atoms with Crippen LogP contribution in [0.25, 0.3) is 22.4 Å². The second-order valence-electron chi connectivity index (χ2n) is 6.25. The van der Waals surface area contributed by atoms with E-state index in [-0.39, 0.29) is 25.3 Å². The maximum atomic E-state index is 12.0. The van der Waals surface area contributed by atoms with Crippen molar-refractivity contribution in [3.05, 3.63) is 25.0 Å². The highest BCUT2D eigenvalue weighted by molar-refractivity contribution is 7.89. The molecule has 0 amide bonds. The fourth-order valence-electron chi connectivity index (χ4n) is 3.18. The van der Waals surface area contributed by atoms with E-state index in [1.807, 2.05) is 4.57 Å². The summed E-state index contributed by atoms with van der Waals surface area (Å²) in [5.74, 6) is 0.0459. The molecule has 4 heterocycles. The van der Waals surface area contributed by atoms with E-state index < -0.39 is 15.6 Å². The lowest BCUT2D eigenvalue weighted by atomic mass is 9.89. The second kappa shape index (κ2) is 5.86. The Hall–Kier alpha value is -2.84. The zero-order valence-electron chi connectivity index (χ0n) is 14.0. The first-order valence-corrected chi connectivity index (χ1v) is 9.64. The number of nitrogens with one attached hydrogen (secondary N) is 1. The largest absolute Gasteiger partial charge is 0.327 e. The van der Waals surface area contributed by atoms with Gasteiger partial charge in [-0.1, -0.05) is 0 Å². The van der Waals surface area contributed by atoms with Crippen molar-refractivity contribution in [2.45, 2.75) is 18.9 Å². The molecule has 0 spiro atoms. The predicted octanol–water partition coefficient (Wildman–Crippen LogP) is 0.491. The van der Waals surface area contributed by atoms with E-state index in [0.717, 1.165) is 5.39 Å². The highest BCUT2D eigenvalue weighted by Crippen LogP contribution is 2.35. The number of rotatable bonds is 5. The molecule has 0 bridgehead atoms. The van der Waals surface area contributed by atoms with Crippen molar-refractivity contribution in [2.24, 2.45) is 0 Å². The van der Waals surface area contributed by atoms with Crippen LogP contribution in [0.15, 0.2) is 25.0 Å². The molecule has 1 fully saturated rings. The Morgan fingerprint density at radius 1 is 1.35 bits per heavy atom. The molecule has 3 aromatic heterocycles. The summed E-state index contributed by atoms with van der Waals surface area (Å²) >= 11 is 0. The summed E-state index contributed by atoms with van der Waals surface area (Å²) < 4.78 is 27.3. The van der Waals surface area contributed by atoms with Gasteiger partial charge in [0.1, 0.15) is 17.7 Å². The van der Waals surface area contributed by atoms with Crippen LogP contribution in [0.3, 0.4) is 0 Å². The topological polar surface area (TPSA) is 133 Å². The monoisotopic (exact) mass is 372 g/mol. The smallest absolute Gasteiger partial charge is 0.213 e. The molecule has 10 nitrogen and oxygen atoms in total. The second-order valence-corrected chi connectivity index (χ2v) is 8.51. The molecule has 0 radical (unpaired) electrons. The number of hydrogen-bond acceptors (Lipinski definition) is 7. The van der Waals surface area contributed by atoms with Crippen LogP contribution in [0.5, 0.6) is 0 Å². The minimum absolute atomic E-state index is 0.0459. The number of nitrogens with zero attached hydrogens (tertiary/aromatic N) is 7. The number of nitriles is 1. The number of hydrogen-bond donors (Lipinski definition) is 1. The SMILES string of the molecule is CCS(=O)(=O)N1CC(CC#N)(n2cnc(-c3ncnc4[nH]ncc34)c2)C1. The normalized spacial score (nSPS) is 17.1. The van der Waals surface area contributed by atoms with Gasteiger partial charge in [-0.05, 0) is 6.92 Å². The zero-order chi connectivity index (χ0) is 18.4. The maximum absolute atomic E-state index is 12.0. The van der Waals surface area contributed by atoms with Gasteiger partial charge in [-0.3, -0.25) is 5.10 Å². The Kier molecular flexibility index (Phi) is 3.74. The van der Waals surface area contributed by atoms with E-state index >= 15 is 0 Å². The molecule has 26 heavy (non-hydrogen) atoms. The summed E-state index contributed by atoms with van der Waals surface area (Å²) in [6.07, 6.45) is 6.68. The molecule has 1 N–H and O–H groups in total. The van der Waals surface area contributed by atoms with E-state index in [2.05, 4.69) is 31.2 Å². The van der Waals surface area contributed by atoms with Crippen molar-refractivity contribution in [1.29, 1.82) is 5.26 Å². The van der Waals surface area contributed by atoms with Crippen LogP contribution in [-0.4, -0.2) is 61.3 Å². The molecule has 0 unspecified atom stereocenters. The van der Waals surface area contributed by atoms with Crippen molar-refractivity contribution in [2.75, 3.05) is 18.8 Å². The highest BCUT2D eigenvalue weighted by Gasteiger charge is 2.49. The molecule has 3 aromatic rings. The average molecular weight is 372 g/mol. The molecule has 4 rings (SSSR count). The number of aromatic amines is 1. The van der Waals surface area contributed by atoms with Crippen molar-refractivity contribution >= 4 is 21.1 Å². The summed E-state index contributed by atoms with van der Waals surface area (Å²) in [4.78, 5) is 12.8. The van der Waals surface area contributed by atoms with Crippen LogP contribution in [0.4, 0.5) is 0 Å². The number of H-pyrrole nitrogens is 1. The molecule has 1 aliphatic heterocycles. The van der Waals surface area contributed by atoms with Gasteiger partial charge in [0.2, 0.25) is 10.0 Å². The van der Waals surface area contributed by atoms with Crippen LogP contribution in [-0.2, 0) is 15.6 Å². The van der Waals surface area contributed by atoms with Gasteiger partial charge < -0.3 is 4.57 Å². The minimum Gasteiger partial charge on any atom is -0.327 e. The first-order chi connectivity index (χ1) is 12.5.